The molecule has 0 aliphatic carbocycles. The van der Waals surface area contributed by atoms with Gasteiger partial charge in [-0.1, -0.05) is 29.8 Å². The van der Waals surface area contributed by atoms with Crippen LogP contribution in [0.5, 0.6) is 11.5 Å². The molecule has 30 heavy (non-hydrogen) atoms. The van der Waals surface area contributed by atoms with Crippen LogP contribution in [-0.4, -0.2) is 50.1 Å². The Balaban J connectivity index is 1.46. The molecular weight excluding hydrogens is 380 g/mol. The van der Waals surface area contributed by atoms with Crippen LogP contribution < -0.4 is 14.8 Å². The number of hydrogen-bond donors (Lipinski definition) is 1. The van der Waals surface area contributed by atoms with Gasteiger partial charge in [0.05, 0.1) is 14.2 Å². The lowest BCUT2D eigenvalue weighted by Gasteiger charge is -2.32. The van der Waals surface area contributed by atoms with Gasteiger partial charge in [0.2, 0.25) is 5.91 Å². The quantitative estimate of drug-likeness (QED) is 0.760. The Morgan fingerprint density at radius 2 is 1.67 bits per heavy atom. The van der Waals surface area contributed by atoms with Gasteiger partial charge in [-0.2, -0.15) is 0 Å². The molecule has 2 amide bonds. The van der Waals surface area contributed by atoms with E-state index < -0.39 is 0 Å². The van der Waals surface area contributed by atoms with E-state index in [1.165, 1.54) is 11.1 Å². The zero-order chi connectivity index (χ0) is 21.5. The minimum atomic E-state index is -0.139. The summed E-state index contributed by atoms with van der Waals surface area (Å²) in [6, 6.07) is 13.5. The van der Waals surface area contributed by atoms with Crippen molar-refractivity contribution in [2.75, 3.05) is 27.3 Å². The van der Waals surface area contributed by atoms with Gasteiger partial charge in [0, 0.05) is 31.1 Å². The van der Waals surface area contributed by atoms with Crippen LogP contribution in [0.25, 0.3) is 0 Å². The van der Waals surface area contributed by atoms with Gasteiger partial charge in [0.15, 0.2) is 11.5 Å². The highest BCUT2D eigenvalue weighted by Gasteiger charge is 2.24. The van der Waals surface area contributed by atoms with Crippen molar-refractivity contribution in [2.24, 2.45) is 0 Å². The normalized spacial score (nSPS) is 14.3. The van der Waals surface area contributed by atoms with Gasteiger partial charge in [-0.3, -0.25) is 9.59 Å². The number of benzene rings is 2. The topological polar surface area (TPSA) is 67.9 Å². The van der Waals surface area contributed by atoms with E-state index in [1.807, 2.05) is 4.90 Å². The molecule has 0 bridgehead atoms. The van der Waals surface area contributed by atoms with Crippen LogP contribution in [0.2, 0.25) is 0 Å². The average Bonchev–Trinajstić information content (AvgIpc) is 2.78. The molecule has 0 saturated carbocycles. The smallest absolute Gasteiger partial charge is 0.251 e. The Morgan fingerprint density at radius 3 is 2.30 bits per heavy atom. The largest absolute Gasteiger partial charge is 0.493 e. The van der Waals surface area contributed by atoms with Gasteiger partial charge >= 0.3 is 0 Å². The maximum atomic E-state index is 12.6. The summed E-state index contributed by atoms with van der Waals surface area (Å²) in [6.07, 6.45) is 2.80. The lowest BCUT2D eigenvalue weighted by Crippen LogP contribution is -2.46. The summed E-state index contributed by atoms with van der Waals surface area (Å²) in [5.74, 6) is 1.16. The third-order valence-corrected chi connectivity index (χ3v) is 5.58. The Hall–Kier alpha value is -3.02. The molecule has 1 aliphatic heterocycles. The fourth-order valence-corrected chi connectivity index (χ4v) is 3.68. The van der Waals surface area contributed by atoms with E-state index in [2.05, 4.69) is 36.5 Å². The first-order chi connectivity index (χ1) is 14.5. The molecule has 1 N–H and O–H groups in total. The van der Waals surface area contributed by atoms with Gasteiger partial charge in [-0.15, -0.1) is 0 Å². The zero-order valence-corrected chi connectivity index (χ0v) is 17.9. The predicted octanol–water partition coefficient (Wildman–Crippen LogP) is 3.37. The third-order valence-electron chi connectivity index (χ3n) is 5.58. The predicted molar refractivity (Wildman–Crippen MR) is 116 cm³/mol. The number of nitrogens with zero attached hydrogens (tertiary/aromatic N) is 1. The molecule has 0 spiro atoms. The van der Waals surface area contributed by atoms with Crippen molar-refractivity contribution < 1.29 is 19.1 Å². The van der Waals surface area contributed by atoms with Crippen LogP contribution in [0.15, 0.2) is 42.5 Å². The first-order valence-electron chi connectivity index (χ1n) is 10.4. The number of aryl methyl sites for hydroxylation is 2. The second kappa shape index (κ2) is 10.1. The fraction of sp³-hybridized carbons (Fsp3) is 0.417. The highest BCUT2D eigenvalue weighted by Crippen LogP contribution is 2.27. The minimum Gasteiger partial charge on any atom is -0.493 e. The third kappa shape index (κ3) is 5.53. The first-order valence-corrected chi connectivity index (χ1v) is 10.4. The van der Waals surface area contributed by atoms with Gasteiger partial charge in [0.25, 0.3) is 5.91 Å². The molecule has 0 radical (unpaired) electrons. The molecule has 0 unspecified atom stereocenters. The van der Waals surface area contributed by atoms with Gasteiger partial charge in [-0.25, -0.2) is 0 Å². The second-order valence-electron chi connectivity index (χ2n) is 7.68. The highest BCUT2D eigenvalue weighted by atomic mass is 16.5. The van der Waals surface area contributed by atoms with E-state index in [9.17, 15) is 9.59 Å². The summed E-state index contributed by atoms with van der Waals surface area (Å²) in [7, 11) is 3.11. The monoisotopic (exact) mass is 410 g/mol. The van der Waals surface area contributed by atoms with Crippen LogP contribution in [-0.2, 0) is 11.2 Å². The minimum absolute atomic E-state index is 0.0618. The van der Waals surface area contributed by atoms with Gasteiger partial charge < -0.3 is 19.7 Å². The number of likely N-dealkylation sites (tertiary alicyclic amines) is 1. The zero-order valence-electron chi connectivity index (χ0n) is 17.9. The van der Waals surface area contributed by atoms with Crippen molar-refractivity contribution in [1.29, 1.82) is 0 Å². The Kier molecular flexibility index (Phi) is 7.33. The molecule has 3 rings (SSSR count). The molecule has 6 heteroatoms. The number of piperidine rings is 1. The number of amides is 2. The van der Waals surface area contributed by atoms with Crippen molar-refractivity contribution in [3.05, 3.63) is 59.2 Å². The highest BCUT2D eigenvalue weighted by molar-refractivity contribution is 5.95. The molecule has 2 aromatic carbocycles. The average molecular weight is 411 g/mol. The molecule has 1 heterocycles. The number of carbonyl (C=O) groups is 2. The van der Waals surface area contributed by atoms with Crippen molar-refractivity contribution in [3.8, 4) is 11.5 Å². The molecule has 1 fully saturated rings. The summed E-state index contributed by atoms with van der Waals surface area (Å²) < 4.78 is 10.5. The summed E-state index contributed by atoms with van der Waals surface area (Å²) in [5, 5.41) is 3.07. The molecule has 1 aliphatic rings. The van der Waals surface area contributed by atoms with E-state index >= 15 is 0 Å². The van der Waals surface area contributed by atoms with Gasteiger partial charge in [-0.05, 0) is 49.9 Å². The van der Waals surface area contributed by atoms with Crippen LogP contribution in [0.1, 0.15) is 40.7 Å². The van der Waals surface area contributed by atoms with Crippen LogP contribution in [0, 0.1) is 6.92 Å². The second-order valence-corrected chi connectivity index (χ2v) is 7.68. The van der Waals surface area contributed by atoms with Crippen LogP contribution in [0.3, 0.4) is 0 Å². The lowest BCUT2D eigenvalue weighted by molar-refractivity contribution is -0.132. The Bertz CT molecular complexity index is 871. The fourth-order valence-electron chi connectivity index (χ4n) is 3.68. The number of rotatable bonds is 7. The Morgan fingerprint density at radius 1 is 1.00 bits per heavy atom. The molecule has 0 aromatic heterocycles. The van der Waals surface area contributed by atoms with E-state index in [0.717, 1.165) is 19.3 Å². The maximum Gasteiger partial charge on any atom is 0.251 e. The van der Waals surface area contributed by atoms with Crippen molar-refractivity contribution in [3.63, 3.8) is 0 Å². The Labute approximate surface area is 178 Å². The first kappa shape index (κ1) is 21.7. The number of carbonyl (C=O) groups excluding carboxylic acids is 2. The van der Waals surface area contributed by atoms with Crippen LogP contribution >= 0.6 is 0 Å². The number of ether oxygens (including phenoxy) is 2. The molecule has 6 nitrogen and oxygen atoms in total. The van der Waals surface area contributed by atoms with Crippen LogP contribution in [0.4, 0.5) is 0 Å². The SMILES string of the molecule is COc1ccc(C(=O)NC2CCN(C(=O)CCc3ccc(C)cc3)CC2)cc1OC. The summed E-state index contributed by atoms with van der Waals surface area (Å²) in [6.45, 7) is 3.40. The van der Waals surface area contributed by atoms with E-state index in [4.69, 9.17) is 9.47 Å². The van der Waals surface area contributed by atoms with Crippen molar-refractivity contribution in [2.45, 2.75) is 38.6 Å². The lowest BCUT2D eigenvalue weighted by atomic mass is 10.0. The number of hydrogen-bond acceptors (Lipinski definition) is 4. The molecule has 2 aromatic rings. The summed E-state index contributed by atoms with van der Waals surface area (Å²) in [5.41, 5.74) is 2.94. The van der Waals surface area contributed by atoms with Gasteiger partial charge in [0.1, 0.15) is 0 Å². The molecule has 1 saturated heterocycles. The summed E-state index contributed by atoms with van der Waals surface area (Å²) >= 11 is 0. The van der Waals surface area contributed by atoms with E-state index in [0.29, 0.717) is 36.6 Å². The number of nitrogens with one attached hydrogen (secondary N) is 1. The molecule has 160 valence electrons. The standard InChI is InChI=1S/C24H30N2O4/c1-17-4-6-18(7-5-17)8-11-23(27)26-14-12-20(13-15-26)25-24(28)19-9-10-21(29-2)22(16-19)30-3/h4-7,9-10,16,20H,8,11-15H2,1-3H3,(H,25,28). The molecule has 0 atom stereocenters. The number of methoxy groups -OCH3 is 2. The maximum absolute atomic E-state index is 12.6. The summed E-state index contributed by atoms with van der Waals surface area (Å²) in [4.78, 5) is 27.0. The van der Waals surface area contributed by atoms with E-state index in [1.54, 1.807) is 32.4 Å². The van der Waals surface area contributed by atoms with Crippen molar-refractivity contribution >= 4 is 11.8 Å². The molecular formula is C24H30N2O4. The van der Waals surface area contributed by atoms with E-state index in [-0.39, 0.29) is 17.9 Å². The van der Waals surface area contributed by atoms with Crippen molar-refractivity contribution in [1.82, 2.24) is 10.2 Å².